The highest BCUT2D eigenvalue weighted by Gasteiger charge is 2.32. The van der Waals surface area contributed by atoms with E-state index >= 15 is 0 Å². The number of hydrogen-bond donors (Lipinski definition) is 1. The summed E-state index contributed by atoms with van der Waals surface area (Å²) in [4.78, 5) is 0. The van der Waals surface area contributed by atoms with E-state index in [1.807, 2.05) is 13.0 Å². The zero-order valence-electron chi connectivity index (χ0n) is 8.69. The Morgan fingerprint density at radius 2 is 2.33 bits per heavy atom. The number of halogens is 1. The number of aromatic nitrogens is 1. The molecule has 3 nitrogen and oxygen atoms in total. The number of nitrogens with zero attached hydrogens (tertiary/aromatic N) is 1. The molecule has 1 N–H and O–H groups in total. The van der Waals surface area contributed by atoms with Crippen molar-refractivity contribution < 1.29 is 4.52 Å². The molecule has 1 aliphatic carbocycles. The summed E-state index contributed by atoms with van der Waals surface area (Å²) < 4.78 is 5.27. The van der Waals surface area contributed by atoms with E-state index in [0.717, 1.165) is 42.8 Å². The van der Waals surface area contributed by atoms with Gasteiger partial charge in [-0.2, -0.15) is 0 Å². The second-order valence-corrected chi connectivity index (χ2v) is 4.31. The second kappa shape index (κ2) is 3.99. The third-order valence-electron chi connectivity index (χ3n) is 3.23. The van der Waals surface area contributed by atoms with E-state index in [4.69, 9.17) is 4.52 Å². The Balaban J connectivity index is 0.000000853. The SMILES string of the molecule is Cc1cc(C2=C[C@@H]3CNC[C@@H]3C2)on1.Cl. The molecule has 2 atom stereocenters. The summed E-state index contributed by atoms with van der Waals surface area (Å²) >= 11 is 0. The molecule has 1 saturated heterocycles. The number of allylic oxidation sites excluding steroid dienone is 1. The summed E-state index contributed by atoms with van der Waals surface area (Å²) in [6.45, 7) is 4.24. The fraction of sp³-hybridized carbons (Fsp3) is 0.545. The second-order valence-electron chi connectivity index (χ2n) is 4.31. The van der Waals surface area contributed by atoms with Crippen molar-refractivity contribution in [3.63, 3.8) is 0 Å². The van der Waals surface area contributed by atoms with Gasteiger partial charge in [0.2, 0.25) is 0 Å². The van der Waals surface area contributed by atoms with Crippen LogP contribution in [0.2, 0.25) is 0 Å². The minimum atomic E-state index is 0. The standard InChI is InChI=1S/C11H14N2O.ClH/c1-7-2-11(14-13-7)8-3-9-5-12-6-10(9)4-8;/h2-3,9-10,12H,4-6H2,1H3;1H/t9-,10+;/m1./s1. The molecule has 3 rings (SSSR count). The molecule has 1 aliphatic heterocycles. The normalized spacial score (nSPS) is 28.5. The molecular formula is C11H15ClN2O. The lowest BCUT2D eigenvalue weighted by atomic mass is 9.99. The molecular weight excluding hydrogens is 212 g/mol. The number of nitrogens with one attached hydrogen (secondary N) is 1. The first-order valence-electron chi connectivity index (χ1n) is 5.18. The topological polar surface area (TPSA) is 38.1 Å². The zero-order chi connectivity index (χ0) is 9.54. The van der Waals surface area contributed by atoms with Gasteiger partial charge >= 0.3 is 0 Å². The van der Waals surface area contributed by atoms with Gasteiger partial charge in [0.25, 0.3) is 0 Å². The van der Waals surface area contributed by atoms with E-state index in [1.54, 1.807) is 0 Å². The summed E-state index contributed by atoms with van der Waals surface area (Å²) in [5, 5.41) is 7.33. The molecule has 0 bridgehead atoms. The minimum absolute atomic E-state index is 0. The Kier molecular flexibility index (Phi) is 2.85. The van der Waals surface area contributed by atoms with Crippen molar-refractivity contribution in [1.82, 2.24) is 10.5 Å². The van der Waals surface area contributed by atoms with E-state index in [-0.39, 0.29) is 12.4 Å². The van der Waals surface area contributed by atoms with Crippen molar-refractivity contribution in [3.8, 4) is 0 Å². The highest BCUT2D eigenvalue weighted by atomic mass is 35.5. The Morgan fingerprint density at radius 3 is 3.00 bits per heavy atom. The van der Waals surface area contributed by atoms with Crippen molar-refractivity contribution in [1.29, 1.82) is 0 Å². The van der Waals surface area contributed by atoms with Crippen LogP contribution in [0.1, 0.15) is 17.9 Å². The molecule has 0 unspecified atom stereocenters. The third kappa shape index (κ3) is 1.82. The van der Waals surface area contributed by atoms with Gasteiger partial charge in [-0.3, -0.25) is 0 Å². The van der Waals surface area contributed by atoms with E-state index in [9.17, 15) is 0 Å². The Bertz CT molecular complexity index is 386. The summed E-state index contributed by atoms with van der Waals surface area (Å²) in [5.74, 6) is 2.47. The van der Waals surface area contributed by atoms with Crippen LogP contribution in [0.25, 0.3) is 5.57 Å². The first-order chi connectivity index (χ1) is 6.83. The Labute approximate surface area is 95.3 Å². The molecule has 2 aliphatic rings. The average molecular weight is 227 g/mol. The molecule has 0 aromatic carbocycles. The third-order valence-corrected chi connectivity index (χ3v) is 3.23. The lowest BCUT2D eigenvalue weighted by molar-refractivity contribution is 0.403. The molecule has 0 spiro atoms. The highest BCUT2D eigenvalue weighted by molar-refractivity contribution is 5.85. The van der Waals surface area contributed by atoms with Crippen LogP contribution in [0, 0.1) is 18.8 Å². The maximum atomic E-state index is 5.27. The van der Waals surface area contributed by atoms with Crippen molar-refractivity contribution in [2.24, 2.45) is 11.8 Å². The summed E-state index contributed by atoms with van der Waals surface area (Å²) in [6.07, 6.45) is 3.50. The molecule has 0 saturated carbocycles. The molecule has 15 heavy (non-hydrogen) atoms. The number of aryl methyl sites for hydroxylation is 1. The van der Waals surface area contributed by atoms with E-state index in [2.05, 4.69) is 16.5 Å². The quantitative estimate of drug-likeness (QED) is 0.796. The van der Waals surface area contributed by atoms with Gasteiger partial charge in [-0.15, -0.1) is 12.4 Å². The first-order valence-corrected chi connectivity index (χ1v) is 5.18. The number of rotatable bonds is 1. The van der Waals surface area contributed by atoms with E-state index < -0.39 is 0 Å². The minimum Gasteiger partial charge on any atom is -0.356 e. The lowest BCUT2D eigenvalue weighted by Crippen LogP contribution is -2.09. The largest absolute Gasteiger partial charge is 0.356 e. The predicted molar refractivity (Wildman–Crippen MR) is 60.9 cm³/mol. The van der Waals surface area contributed by atoms with Gasteiger partial charge < -0.3 is 9.84 Å². The van der Waals surface area contributed by atoms with Gasteiger partial charge in [0, 0.05) is 12.6 Å². The predicted octanol–water partition coefficient (Wildman–Crippen LogP) is 2.03. The molecule has 1 fully saturated rings. The molecule has 1 aromatic heterocycles. The first kappa shape index (κ1) is 10.7. The van der Waals surface area contributed by atoms with Crippen LogP contribution >= 0.6 is 12.4 Å². The van der Waals surface area contributed by atoms with Crippen molar-refractivity contribution in [2.75, 3.05) is 13.1 Å². The molecule has 4 heteroatoms. The molecule has 0 amide bonds. The Hall–Kier alpha value is -0.800. The fourth-order valence-electron chi connectivity index (χ4n) is 2.48. The van der Waals surface area contributed by atoms with Crippen LogP contribution in [0.15, 0.2) is 16.7 Å². The van der Waals surface area contributed by atoms with Crippen LogP contribution < -0.4 is 5.32 Å². The zero-order valence-corrected chi connectivity index (χ0v) is 9.51. The maximum Gasteiger partial charge on any atom is 0.162 e. The van der Waals surface area contributed by atoms with Crippen LogP contribution in [0.3, 0.4) is 0 Å². The van der Waals surface area contributed by atoms with E-state index in [0.29, 0.717) is 0 Å². The highest BCUT2D eigenvalue weighted by Crippen LogP contribution is 2.38. The lowest BCUT2D eigenvalue weighted by Gasteiger charge is -2.04. The molecule has 1 aromatic rings. The molecule has 82 valence electrons. The van der Waals surface area contributed by atoms with Crippen LogP contribution in [-0.4, -0.2) is 18.2 Å². The van der Waals surface area contributed by atoms with E-state index in [1.165, 1.54) is 5.57 Å². The molecule has 2 heterocycles. The van der Waals surface area contributed by atoms with Gasteiger partial charge in [-0.1, -0.05) is 11.2 Å². The van der Waals surface area contributed by atoms with Gasteiger partial charge in [-0.25, -0.2) is 0 Å². The molecule has 0 radical (unpaired) electrons. The number of hydrogen-bond acceptors (Lipinski definition) is 3. The van der Waals surface area contributed by atoms with Gasteiger partial charge in [0.1, 0.15) is 0 Å². The average Bonchev–Trinajstić information content (AvgIpc) is 2.75. The summed E-state index contributed by atoms with van der Waals surface area (Å²) in [6, 6.07) is 2.03. The van der Waals surface area contributed by atoms with Crippen molar-refractivity contribution >= 4 is 18.0 Å². The van der Waals surface area contributed by atoms with Gasteiger partial charge in [0.15, 0.2) is 5.76 Å². The van der Waals surface area contributed by atoms with Gasteiger partial charge in [-0.05, 0) is 37.3 Å². The van der Waals surface area contributed by atoms with Crippen LogP contribution in [0.5, 0.6) is 0 Å². The maximum absolute atomic E-state index is 5.27. The summed E-state index contributed by atoms with van der Waals surface area (Å²) in [5.41, 5.74) is 2.32. The van der Waals surface area contributed by atoms with Crippen molar-refractivity contribution in [2.45, 2.75) is 13.3 Å². The van der Waals surface area contributed by atoms with Gasteiger partial charge in [0.05, 0.1) is 5.69 Å². The summed E-state index contributed by atoms with van der Waals surface area (Å²) in [7, 11) is 0. The monoisotopic (exact) mass is 226 g/mol. The smallest absolute Gasteiger partial charge is 0.162 e. The van der Waals surface area contributed by atoms with Crippen molar-refractivity contribution in [3.05, 3.63) is 23.6 Å². The Morgan fingerprint density at radius 1 is 1.47 bits per heavy atom. The van der Waals surface area contributed by atoms with Crippen LogP contribution in [-0.2, 0) is 0 Å². The number of fused-ring (bicyclic) bond motifs is 1. The fourth-order valence-corrected chi connectivity index (χ4v) is 2.48. The van der Waals surface area contributed by atoms with Crippen LogP contribution in [0.4, 0.5) is 0 Å².